The van der Waals surface area contributed by atoms with E-state index < -0.39 is 27.5 Å². The summed E-state index contributed by atoms with van der Waals surface area (Å²) in [6.45, 7) is 1.21. The van der Waals surface area contributed by atoms with Crippen molar-refractivity contribution in [1.82, 2.24) is 9.80 Å². The molecule has 2 heterocycles. The standard InChI is InChI=1S/C16H15N3O7S/c20-13(17-4-6-26-7-5-17)9-18-15(22)12(27-16(18)23)8-10-2-1-3-11(14(10)21)19(24)25/h1-3,8,21H,4-7,9H2/b12-8+. The van der Waals surface area contributed by atoms with Crippen LogP contribution in [-0.2, 0) is 14.3 Å². The van der Waals surface area contributed by atoms with Crippen LogP contribution in [0.1, 0.15) is 5.56 Å². The lowest BCUT2D eigenvalue weighted by Crippen LogP contribution is -2.46. The second-order valence-corrected chi connectivity index (χ2v) is 6.73. The summed E-state index contributed by atoms with van der Waals surface area (Å²) >= 11 is 0.610. The number of phenols is 1. The first-order valence-corrected chi connectivity index (χ1v) is 8.77. The zero-order valence-electron chi connectivity index (χ0n) is 14.0. The van der Waals surface area contributed by atoms with Gasteiger partial charge in [-0.05, 0) is 17.8 Å². The molecule has 2 fully saturated rings. The molecule has 0 aliphatic carbocycles. The number of para-hydroxylation sites is 1. The maximum atomic E-state index is 12.5. The number of amides is 3. The van der Waals surface area contributed by atoms with Gasteiger partial charge in [-0.1, -0.05) is 12.1 Å². The SMILES string of the molecule is O=C(CN1C(=O)S/C(=C/c2cccc([N+](=O)[O-])c2O)C1=O)N1CCOCC1. The van der Waals surface area contributed by atoms with E-state index in [9.17, 15) is 29.6 Å². The van der Waals surface area contributed by atoms with Crippen LogP contribution in [0.5, 0.6) is 5.75 Å². The molecule has 2 aliphatic heterocycles. The molecule has 0 atom stereocenters. The highest BCUT2D eigenvalue weighted by atomic mass is 32.2. The minimum atomic E-state index is -0.751. The number of hydrogen-bond donors (Lipinski definition) is 1. The minimum Gasteiger partial charge on any atom is -0.502 e. The lowest BCUT2D eigenvalue weighted by molar-refractivity contribution is -0.385. The number of aromatic hydroxyl groups is 1. The van der Waals surface area contributed by atoms with Crippen LogP contribution in [0.4, 0.5) is 10.5 Å². The molecule has 142 valence electrons. The number of rotatable bonds is 4. The van der Waals surface area contributed by atoms with Gasteiger partial charge in [0.25, 0.3) is 11.1 Å². The van der Waals surface area contributed by atoms with Gasteiger partial charge in [-0.2, -0.15) is 0 Å². The molecule has 0 aromatic heterocycles. The first-order valence-electron chi connectivity index (χ1n) is 7.95. The number of nitrogens with zero attached hydrogens (tertiary/aromatic N) is 3. The summed E-state index contributed by atoms with van der Waals surface area (Å²) in [5.74, 6) is -1.64. The molecular weight excluding hydrogens is 378 g/mol. The molecule has 1 N–H and O–H groups in total. The third-order valence-corrected chi connectivity index (χ3v) is 4.97. The van der Waals surface area contributed by atoms with E-state index in [1.165, 1.54) is 23.1 Å². The van der Waals surface area contributed by atoms with Gasteiger partial charge in [0, 0.05) is 24.7 Å². The molecule has 0 radical (unpaired) electrons. The van der Waals surface area contributed by atoms with Crippen molar-refractivity contribution in [2.45, 2.75) is 0 Å². The average molecular weight is 393 g/mol. The molecule has 0 unspecified atom stereocenters. The maximum absolute atomic E-state index is 12.5. The topological polar surface area (TPSA) is 130 Å². The molecule has 2 saturated heterocycles. The van der Waals surface area contributed by atoms with E-state index in [0.29, 0.717) is 38.1 Å². The van der Waals surface area contributed by atoms with Gasteiger partial charge < -0.3 is 14.7 Å². The van der Waals surface area contributed by atoms with Gasteiger partial charge in [-0.15, -0.1) is 0 Å². The molecule has 1 aromatic rings. The van der Waals surface area contributed by atoms with E-state index in [2.05, 4.69) is 0 Å². The molecule has 27 heavy (non-hydrogen) atoms. The van der Waals surface area contributed by atoms with Crippen LogP contribution < -0.4 is 0 Å². The fourth-order valence-corrected chi connectivity index (χ4v) is 3.47. The quantitative estimate of drug-likeness (QED) is 0.459. The van der Waals surface area contributed by atoms with Crippen molar-refractivity contribution in [3.63, 3.8) is 0 Å². The molecule has 3 amide bonds. The Morgan fingerprint density at radius 2 is 2.04 bits per heavy atom. The maximum Gasteiger partial charge on any atom is 0.311 e. The highest BCUT2D eigenvalue weighted by Gasteiger charge is 2.37. The predicted octanol–water partition coefficient (Wildman–Crippen LogP) is 1.20. The Kier molecular flexibility index (Phi) is 5.42. The van der Waals surface area contributed by atoms with E-state index in [-0.39, 0.29) is 22.9 Å². The van der Waals surface area contributed by atoms with E-state index in [0.717, 1.165) is 11.0 Å². The highest BCUT2D eigenvalue weighted by molar-refractivity contribution is 8.18. The Balaban J connectivity index is 1.78. The van der Waals surface area contributed by atoms with Crippen LogP contribution in [-0.4, -0.2) is 69.7 Å². The fourth-order valence-electron chi connectivity index (χ4n) is 2.64. The van der Waals surface area contributed by atoms with Gasteiger partial charge >= 0.3 is 5.69 Å². The predicted molar refractivity (Wildman–Crippen MR) is 94.8 cm³/mol. The number of phenolic OH excluding ortho intramolecular Hbond substituents is 1. The van der Waals surface area contributed by atoms with Crippen molar-refractivity contribution in [3.05, 3.63) is 38.8 Å². The van der Waals surface area contributed by atoms with Crippen LogP contribution in [0.15, 0.2) is 23.1 Å². The Labute approximate surface area is 157 Å². The molecule has 11 heteroatoms. The third kappa shape index (κ3) is 3.93. The van der Waals surface area contributed by atoms with Crippen LogP contribution in [0.25, 0.3) is 6.08 Å². The van der Waals surface area contributed by atoms with Crippen LogP contribution in [0, 0.1) is 10.1 Å². The number of carbonyl (C=O) groups is 3. The number of nitro groups is 1. The van der Waals surface area contributed by atoms with E-state index in [4.69, 9.17) is 4.74 Å². The number of benzene rings is 1. The molecule has 0 bridgehead atoms. The van der Waals surface area contributed by atoms with Gasteiger partial charge in [-0.3, -0.25) is 29.4 Å². The number of ether oxygens (including phenoxy) is 1. The number of thioether (sulfide) groups is 1. The van der Waals surface area contributed by atoms with Crippen LogP contribution in [0.2, 0.25) is 0 Å². The number of imide groups is 1. The Morgan fingerprint density at radius 3 is 2.70 bits per heavy atom. The van der Waals surface area contributed by atoms with E-state index in [1.54, 1.807) is 0 Å². The van der Waals surface area contributed by atoms with E-state index in [1.807, 2.05) is 0 Å². The monoisotopic (exact) mass is 393 g/mol. The molecule has 2 aliphatic rings. The zero-order valence-corrected chi connectivity index (χ0v) is 14.8. The molecule has 3 rings (SSSR count). The largest absolute Gasteiger partial charge is 0.502 e. The Morgan fingerprint density at radius 1 is 1.33 bits per heavy atom. The summed E-state index contributed by atoms with van der Waals surface area (Å²) in [6.07, 6.45) is 1.20. The smallest absolute Gasteiger partial charge is 0.311 e. The zero-order chi connectivity index (χ0) is 19.6. The summed E-state index contributed by atoms with van der Waals surface area (Å²) in [7, 11) is 0. The Bertz CT molecular complexity index is 848. The van der Waals surface area contributed by atoms with Crippen LogP contribution in [0.3, 0.4) is 0 Å². The Hall–Kier alpha value is -2.92. The molecule has 10 nitrogen and oxygen atoms in total. The number of carbonyl (C=O) groups excluding carboxylic acids is 3. The minimum absolute atomic E-state index is 0.0226. The van der Waals surface area contributed by atoms with Crippen LogP contribution >= 0.6 is 11.8 Å². The summed E-state index contributed by atoms with van der Waals surface area (Å²) in [6, 6.07) is 3.87. The lowest BCUT2D eigenvalue weighted by atomic mass is 10.1. The fraction of sp³-hybridized carbons (Fsp3) is 0.312. The van der Waals surface area contributed by atoms with Crippen molar-refractivity contribution in [2.24, 2.45) is 0 Å². The van der Waals surface area contributed by atoms with Crippen molar-refractivity contribution < 1.29 is 29.2 Å². The number of nitro benzene ring substituents is 1. The second-order valence-electron chi connectivity index (χ2n) is 5.73. The first-order chi connectivity index (χ1) is 12.9. The third-order valence-electron chi connectivity index (χ3n) is 4.06. The highest BCUT2D eigenvalue weighted by Crippen LogP contribution is 2.36. The normalized spacial score (nSPS) is 19.0. The molecular formula is C16H15N3O7S. The van der Waals surface area contributed by atoms with Crippen molar-refractivity contribution in [1.29, 1.82) is 0 Å². The second kappa shape index (κ2) is 7.76. The number of hydrogen-bond acceptors (Lipinski definition) is 8. The summed E-state index contributed by atoms with van der Waals surface area (Å²) < 4.78 is 5.16. The van der Waals surface area contributed by atoms with Gasteiger partial charge in [0.05, 0.1) is 23.0 Å². The first kappa shape index (κ1) is 18.9. The van der Waals surface area contributed by atoms with E-state index >= 15 is 0 Å². The van der Waals surface area contributed by atoms with Gasteiger partial charge in [0.1, 0.15) is 6.54 Å². The molecule has 1 aromatic carbocycles. The van der Waals surface area contributed by atoms with Crippen molar-refractivity contribution in [3.8, 4) is 5.75 Å². The van der Waals surface area contributed by atoms with Crippen molar-refractivity contribution >= 4 is 40.6 Å². The van der Waals surface area contributed by atoms with Gasteiger partial charge in [-0.25, -0.2) is 0 Å². The summed E-state index contributed by atoms with van der Waals surface area (Å²) in [4.78, 5) is 49.3. The summed E-state index contributed by atoms with van der Waals surface area (Å²) in [5, 5.41) is 20.3. The number of morpholine rings is 1. The average Bonchev–Trinajstić information content (AvgIpc) is 2.91. The van der Waals surface area contributed by atoms with Gasteiger partial charge in [0.2, 0.25) is 11.7 Å². The molecule has 0 spiro atoms. The van der Waals surface area contributed by atoms with Gasteiger partial charge in [0.15, 0.2) is 0 Å². The van der Waals surface area contributed by atoms with Crippen molar-refractivity contribution in [2.75, 3.05) is 32.8 Å². The molecule has 0 saturated carbocycles. The summed E-state index contributed by atoms with van der Waals surface area (Å²) in [5.41, 5.74) is -0.473. The lowest BCUT2D eigenvalue weighted by Gasteiger charge is -2.28.